The maximum absolute atomic E-state index is 13.4. The Morgan fingerprint density at radius 2 is 1.93 bits per heavy atom. The molecule has 1 amide bonds. The molecule has 0 radical (unpaired) electrons. The molecule has 3 aliphatic rings. The van der Waals surface area contributed by atoms with E-state index < -0.39 is 0 Å². The summed E-state index contributed by atoms with van der Waals surface area (Å²) >= 11 is 0. The van der Waals surface area contributed by atoms with Gasteiger partial charge in [0, 0.05) is 67.8 Å². The van der Waals surface area contributed by atoms with Gasteiger partial charge in [-0.25, -0.2) is 0 Å². The van der Waals surface area contributed by atoms with Gasteiger partial charge in [0.15, 0.2) is 5.58 Å². The highest BCUT2D eigenvalue weighted by Gasteiger charge is 2.43. The molecule has 0 spiro atoms. The molecule has 7 rings (SSSR count). The zero-order valence-electron chi connectivity index (χ0n) is 23.8. The number of carbonyl (C=O) groups is 1. The van der Waals surface area contributed by atoms with Crippen LogP contribution in [0.5, 0.6) is 5.75 Å². The van der Waals surface area contributed by atoms with Gasteiger partial charge < -0.3 is 24.1 Å². The van der Waals surface area contributed by atoms with Gasteiger partial charge in [0.25, 0.3) is 5.91 Å². The average Bonchev–Trinajstić information content (AvgIpc) is 3.75. The summed E-state index contributed by atoms with van der Waals surface area (Å²) in [6, 6.07) is 18.5. The predicted molar refractivity (Wildman–Crippen MR) is 159 cm³/mol. The molecular formula is C33H33N5O4. The number of anilines is 1. The number of hydrogen-bond acceptors (Lipinski definition) is 8. The van der Waals surface area contributed by atoms with Gasteiger partial charge in [-0.15, -0.1) is 0 Å². The molecule has 2 aromatic heterocycles. The number of nitrogens with zero attached hydrogens (tertiary/aromatic N) is 4. The van der Waals surface area contributed by atoms with Crippen LogP contribution in [0.15, 0.2) is 59.1 Å². The quantitative estimate of drug-likeness (QED) is 0.343. The van der Waals surface area contributed by atoms with Crippen molar-refractivity contribution >= 4 is 22.7 Å². The Kier molecular flexibility index (Phi) is 6.81. The highest BCUT2D eigenvalue weighted by molar-refractivity contribution is 5.97. The molecule has 5 heterocycles. The standard InChI is InChI=1S/C33H33N5O4/c1-37-18-25-15-24(37)19-38(25)33(39)21-3-5-27(30(14-21)40-2)31-16-29-32(42-31)26(7-10-35-29)20-4-6-28(22(13-20)17-34)36-23-8-11-41-12-9-23/h3-7,10,13-14,16,23-25,36H,8-9,11-12,15,18-19H2,1-2H3/t24-,25-/m1/s1. The molecule has 2 atom stereocenters. The molecule has 2 aromatic carbocycles. The fourth-order valence-corrected chi connectivity index (χ4v) is 6.60. The number of nitriles is 1. The first kappa shape index (κ1) is 26.5. The lowest BCUT2D eigenvalue weighted by molar-refractivity contribution is 0.0650. The lowest BCUT2D eigenvalue weighted by atomic mass is 10.0. The monoisotopic (exact) mass is 563 g/mol. The molecule has 9 heteroatoms. The Hall–Kier alpha value is -4.39. The third-order valence-electron chi connectivity index (χ3n) is 8.93. The van der Waals surface area contributed by atoms with Crippen molar-refractivity contribution in [3.8, 4) is 34.3 Å². The minimum absolute atomic E-state index is 0.0389. The summed E-state index contributed by atoms with van der Waals surface area (Å²) in [5.74, 6) is 1.20. The van der Waals surface area contributed by atoms with Crippen molar-refractivity contribution in [1.82, 2.24) is 14.8 Å². The second kappa shape index (κ2) is 10.8. The van der Waals surface area contributed by atoms with Crippen molar-refractivity contribution in [2.24, 2.45) is 0 Å². The number of rotatable bonds is 6. The Bertz CT molecular complexity index is 1700. The van der Waals surface area contributed by atoms with Crippen LogP contribution in [-0.4, -0.2) is 79.3 Å². The summed E-state index contributed by atoms with van der Waals surface area (Å²) in [5.41, 5.74) is 5.80. The largest absolute Gasteiger partial charge is 0.496 e. The van der Waals surface area contributed by atoms with E-state index in [2.05, 4.69) is 28.3 Å². The first-order chi connectivity index (χ1) is 20.5. The van der Waals surface area contributed by atoms with E-state index >= 15 is 0 Å². The molecule has 0 saturated carbocycles. The van der Waals surface area contributed by atoms with Gasteiger partial charge in [-0.05, 0) is 68.3 Å². The van der Waals surface area contributed by atoms with Crippen LogP contribution in [0.4, 0.5) is 5.69 Å². The topological polar surface area (TPSA) is 104 Å². The summed E-state index contributed by atoms with van der Waals surface area (Å²) in [6.45, 7) is 3.15. The minimum atomic E-state index is 0.0389. The zero-order valence-corrected chi connectivity index (χ0v) is 23.8. The van der Waals surface area contributed by atoms with E-state index in [1.807, 2.05) is 47.4 Å². The number of nitrogens with one attached hydrogen (secondary N) is 1. The predicted octanol–water partition coefficient (Wildman–Crippen LogP) is 5.16. The van der Waals surface area contributed by atoms with E-state index in [0.29, 0.717) is 45.8 Å². The number of hydrogen-bond donors (Lipinski definition) is 1. The summed E-state index contributed by atoms with van der Waals surface area (Å²) in [6.07, 6.45) is 4.62. The van der Waals surface area contributed by atoms with Crippen LogP contribution in [0, 0.1) is 11.3 Å². The first-order valence-corrected chi connectivity index (χ1v) is 14.5. The molecule has 9 nitrogen and oxygen atoms in total. The first-order valence-electron chi connectivity index (χ1n) is 14.5. The Labute approximate surface area is 244 Å². The van der Waals surface area contributed by atoms with E-state index in [-0.39, 0.29) is 11.9 Å². The third kappa shape index (κ3) is 4.67. The smallest absolute Gasteiger partial charge is 0.254 e. The molecular weight excluding hydrogens is 530 g/mol. The van der Waals surface area contributed by atoms with Crippen LogP contribution in [-0.2, 0) is 4.74 Å². The fraction of sp³-hybridized carbons (Fsp3) is 0.364. The van der Waals surface area contributed by atoms with Crippen molar-refractivity contribution in [2.75, 3.05) is 45.8 Å². The van der Waals surface area contributed by atoms with Crippen LogP contribution in [0.1, 0.15) is 35.2 Å². The van der Waals surface area contributed by atoms with Gasteiger partial charge in [0.2, 0.25) is 0 Å². The number of fused-ring (bicyclic) bond motifs is 3. The van der Waals surface area contributed by atoms with Gasteiger partial charge in [0.1, 0.15) is 23.1 Å². The lowest BCUT2D eigenvalue weighted by Gasteiger charge is -2.32. The highest BCUT2D eigenvalue weighted by Crippen LogP contribution is 2.39. The molecule has 4 aromatic rings. The molecule has 3 saturated heterocycles. The van der Waals surface area contributed by atoms with E-state index in [0.717, 1.165) is 67.9 Å². The number of likely N-dealkylation sites (tertiary alicyclic amines) is 2. The van der Waals surface area contributed by atoms with Crippen molar-refractivity contribution in [2.45, 2.75) is 37.4 Å². The third-order valence-corrected chi connectivity index (χ3v) is 8.93. The summed E-state index contributed by atoms with van der Waals surface area (Å²) in [4.78, 5) is 22.3. The van der Waals surface area contributed by atoms with E-state index in [1.165, 1.54) is 0 Å². The number of carbonyl (C=O) groups excluding carboxylic acids is 1. The van der Waals surface area contributed by atoms with Crippen molar-refractivity contribution in [3.05, 3.63) is 65.9 Å². The number of likely N-dealkylation sites (N-methyl/N-ethyl adjacent to an activating group) is 1. The molecule has 0 aliphatic carbocycles. The van der Waals surface area contributed by atoms with Gasteiger partial charge in [0.05, 0.1) is 23.9 Å². The SMILES string of the molecule is COc1cc(C(=O)N2C[C@H]3C[C@@H]2CN3C)ccc1-c1cc2nccc(-c3ccc(NC4CCOCC4)c(C#N)c3)c2o1. The Balaban J connectivity index is 1.18. The number of aromatic nitrogens is 1. The van der Waals surface area contributed by atoms with Gasteiger partial charge in [-0.1, -0.05) is 6.07 Å². The van der Waals surface area contributed by atoms with Crippen LogP contribution < -0.4 is 10.1 Å². The molecule has 214 valence electrons. The number of furan rings is 1. The van der Waals surface area contributed by atoms with E-state index in [1.54, 1.807) is 19.4 Å². The van der Waals surface area contributed by atoms with Gasteiger partial charge in [-0.2, -0.15) is 5.26 Å². The summed E-state index contributed by atoms with van der Waals surface area (Å²) < 4.78 is 17.6. The normalized spacial score (nSPS) is 20.6. The second-order valence-electron chi connectivity index (χ2n) is 11.4. The van der Waals surface area contributed by atoms with Crippen molar-refractivity contribution < 1.29 is 18.7 Å². The second-order valence-corrected chi connectivity index (χ2v) is 11.4. The van der Waals surface area contributed by atoms with E-state index in [4.69, 9.17) is 13.9 Å². The number of ether oxygens (including phenoxy) is 2. The van der Waals surface area contributed by atoms with Crippen molar-refractivity contribution in [1.29, 1.82) is 5.26 Å². The maximum atomic E-state index is 13.4. The number of amides is 1. The molecule has 2 bridgehead atoms. The summed E-state index contributed by atoms with van der Waals surface area (Å²) in [5, 5.41) is 13.4. The van der Waals surface area contributed by atoms with Crippen LogP contribution in [0.2, 0.25) is 0 Å². The highest BCUT2D eigenvalue weighted by atomic mass is 16.5. The Morgan fingerprint density at radius 1 is 1.07 bits per heavy atom. The number of piperazine rings is 1. The molecule has 0 unspecified atom stereocenters. The number of methoxy groups -OCH3 is 1. The fourth-order valence-electron chi connectivity index (χ4n) is 6.60. The van der Waals surface area contributed by atoms with Crippen molar-refractivity contribution in [3.63, 3.8) is 0 Å². The number of pyridine rings is 1. The Morgan fingerprint density at radius 3 is 2.67 bits per heavy atom. The maximum Gasteiger partial charge on any atom is 0.254 e. The van der Waals surface area contributed by atoms with Crippen LogP contribution in [0.25, 0.3) is 33.6 Å². The van der Waals surface area contributed by atoms with Crippen LogP contribution in [0.3, 0.4) is 0 Å². The lowest BCUT2D eigenvalue weighted by Crippen LogP contribution is -2.47. The molecule has 3 aliphatic heterocycles. The minimum Gasteiger partial charge on any atom is -0.496 e. The number of benzene rings is 2. The molecule has 42 heavy (non-hydrogen) atoms. The zero-order chi connectivity index (χ0) is 28.8. The van der Waals surface area contributed by atoms with E-state index in [9.17, 15) is 10.1 Å². The van der Waals surface area contributed by atoms with Crippen LogP contribution >= 0.6 is 0 Å². The molecule has 1 N–H and O–H groups in total. The average molecular weight is 564 g/mol. The van der Waals surface area contributed by atoms with Gasteiger partial charge in [-0.3, -0.25) is 14.7 Å². The molecule has 3 fully saturated rings. The van der Waals surface area contributed by atoms with Gasteiger partial charge >= 0.3 is 0 Å². The summed E-state index contributed by atoms with van der Waals surface area (Å²) in [7, 11) is 3.73.